The van der Waals surface area contributed by atoms with Crippen molar-refractivity contribution in [1.29, 1.82) is 0 Å². The number of ether oxygens (including phenoxy) is 1. The number of hydrogen-bond donors (Lipinski definition) is 2. The Morgan fingerprint density at radius 2 is 2.11 bits per heavy atom. The van der Waals surface area contributed by atoms with Gasteiger partial charge in [-0.2, -0.15) is 0 Å². The number of benzene rings is 1. The van der Waals surface area contributed by atoms with Crippen LogP contribution < -0.4 is 10.6 Å². The molecule has 0 amide bonds. The van der Waals surface area contributed by atoms with Crippen LogP contribution in [0.3, 0.4) is 0 Å². The summed E-state index contributed by atoms with van der Waals surface area (Å²) >= 11 is 0. The molecule has 1 fully saturated rings. The van der Waals surface area contributed by atoms with Crippen LogP contribution in [0.1, 0.15) is 19.3 Å². The highest BCUT2D eigenvalue weighted by Gasteiger charge is 2.23. The monoisotopic (exact) mass is 371 g/mol. The van der Waals surface area contributed by atoms with Crippen LogP contribution in [0.5, 0.6) is 0 Å². The van der Waals surface area contributed by atoms with Gasteiger partial charge in [-0.25, -0.2) is 0 Å². The molecule has 2 heterocycles. The number of aromatic nitrogens is 1. The molecule has 148 valence electrons. The van der Waals surface area contributed by atoms with E-state index in [0.717, 1.165) is 45.2 Å². The van der Waals surface area contributed by atoms with Gasteiger partial charge in [0.05, 0.1) is 6.61 Å². The van der Waals surface area contributed by atoms with Crippen LogP contribution in [0.25, 0.3) is 10.9 Å². The van der Waals surface area contributed by atoms with Crippen molar-refractivity contribution in [3.8, 4) is 0 Å². The number of guanidine groups is 1. The van der Waals surface area contributed by atoms with Crippen molar-refractivity contribution in [2.75, 3.05) is 46.9 Å². The number of nitrogens with zero attached hydrogens (tertiary/aromatic N) is 3. The highest BCUT2D eigenvalue weighted by molar-refractivity contribution is 5.80. The second-order valence-electron chi connectivity index (χ2n) is 7.13. The van der Waals surface area contributed by atoms with Crippen molar-refractivity contribution in [2.24, 2.45) is 4.99 Å². The molecule has 0 bridgehead atoms. The number of para-hydroxylation sites is 1. The molecule has 2 N–H and O–H groups in total. The molecule has 1 aromatic heterocycles. The van der Waals surface area contributed by atoms with E-state index >= 15 is 0 Å². The third-order valence-corrected chi connectivity index (χ3v) is 5.36. The molecule has 0 aliphatic carbocycles. The molecular formula is C21H33N5O. The minimum Gasteiger partial charge on any atom is -0.383 e. The Morgan fingerprint density at radius 3 is 2.96 bits per heavy atom. The molecule has 0 radical (unpaired) electrons. The molecule has 1 aromatic carbocycles. The lowest BCUT2D eigenvalue weighted by Gasteiger charge is -2.25. The lowest BCUT2D eigenvalue weighted by atomic mass is 10.2. The molecule has 1 atom stereocenters. The van der Waals surface area contributed by atoms with Gasteiger partial charge in [0.25, 0.3) is 0 Å². The highest BCUT2D eigenvalue weighted by atomic mass is 16.5. The first-order chi connectivity index (χ1) is 13.3. The van der Waals surface area contributed by atoms with Crippen LogP contribution in [0.2, 0.25) is 0 Å². The van der Waals surface area contributed by atoms with E-state index in [9.17, 15) is 0 Å². The van der Waals surface area contributed by atoms with E-state index in [4.69, 9.17) is 4.74 Å². The van der Waals surface area contributed by atoms with E-state index < -0.39 is 0 Å². The third-order valence-electron chi connectivity index (χ3n) is 5.36. The normalized spacial score (nSPS) is 18.3. The summed E-state index contributed by atoms with van der Waals surface area (Å²) in [6.45, 7) is 5.84. The zero-order valence-corrected chi connectivity index (χ0v) is 16.7. The Kier molecular flexibility index (Phi) is 7.54. The summed E-state index contributed by atoms with van der Waals surface area (Å²) in [5, 5.41) is 8.24. The molecule has 27 heavy (non-hydrogen) atoms. The average Bonchev–Trinajstić information content (AvgIpc) is 3.32. The SMILES string of the molecule is CN=C(NCCCn1ccc2ccccc21)NCC1CCCN1CCOC. The number of aryl methyl sites for hydroxylation is 1. The number of rotatable bonds is 9. The summed E-state index contributed by atoms with van der Waals surface area (Å²) < 4.78 is 7.54. The maximum absolute atomic E-state index is 5.22. The molecule has 1 aliphatic rings. The summed E-state index contributed by atoms with van der Waals surface area (Å²) in [6.07, 6.45) is 5.75. The van der Waals surface area contributed by atoms with Gasteiger partial charge in [0.2, 0.25) is 0 Å². The van der Waals surface area contributed by atoms with Crippen LogP contribution in [-0.2, 0) is 11.3 Å². The van der Waals surface area contributed by atoms with E-state index in [1.807, 2.05) is 7.05 Å². The molecule has 0 spiro atoms. The number of likely N-dealkylation sites (tertiary alicyclic amines) is 1. The van der Waals surface area contributed by atoms with Gasteiger partial charge in [0.15, 0.2) is 5.96 Å². The van der Waals surface area contributed by atoms with Crippen molar-refractivity contribution in [3.63, 3.8) is 0 Å². The number of hydrogen-bond acceptors (Lipinski definition) is 3. The van der Waals surface area contributed by atoms with Crippen LogP contribution in [0.15, 0.2) is 41.5 Å². The Balaban J connectivity index is 1.38. The summed E-state index contributed by atoms with van der Waals surface area (Å²) in [5.74, 6) is 0.894. The van der Waals surface area contributed by atoms with E-state index in [1.54, 1.807) is 7.11 Å². The fourth-order valence-electron chi connectivity index (χ4n) is 3.86. The second kappa shape index (κ2) is 10.3. The van der Waals surface area contributed by atoms with Crippen molar-refractivity contribution in [1.82, 2.24) is 20.1 Å². The van der Waals surface area contributed by atoms with Gasteiger partial charge < -0.3 is 19.9 Å². The Morgan fingerprint density at radius 1 is 1.22 bits per heavy atom. The quantitative estimate of drug-likeness (QED) is 0.403. The molecular weight excluding hydrogens is 338 g/mol. The largest absolute Gasteiger partial charge is 0.383 e. The molecule has 6 nitrogen and oxygen atoms in total. The first-order valence-corrected chi connectivity index (χ1v) is 10.0. The predicted molar refractivity (Wildman–Crippen MR) is 112 cm³/mol. The molecule has 6 heteroatoms. The molecule has 3 rings (SSSR count). The maximum atomic E-state index is 5.22. The van der Waals surface area contributed by atoms with Gasteiger partial charge in [-0.15, -0.1) is 0 Å². The summed E-state index contributed by atoms with van der Waals surface area (Å²) in [7, 11) is 3.61. The molecule has 2 aromatic rings. The van der Waals surface area contributed by atoms with Crippen LogP contribution in [-0.4, -0.2) is 68.4 Å². The molecule has 0 saturated carbocycles. The maximum Gasteiger partial charge on any atom is 0.191 e. The third kappa shape index (κ3) is 5.47. The smallest absolute Gasteiger partial charge is 0.191 e. The lowest BCUT2D eigenvalue weighted by molar-refractivity contribution is 0.141. The molecule has 1 aliphatic heterocycles. The van der Waals surface area contributed by atoms with Gasteiger partial charge >= 0.3 is 0 Å². The Labute approximate surface area is 162 Å². The van der Waals surface area contributed by atoms with Gasteiger partial charge in [-0.3, -0.25) is 9.89 Å². The van der Waals surface area contributed by atoms with Crippen LogP contribution in [0, 0.1) is 0 Å². The summed E-state index contributed by atoms with van der Waals surface area (Å²) in [5.41, 5.74) is 1.30. The zero-order valence-electron chi connectivity index (χ0n) is 16.7. The van der Waals surface area contributed by atoms with Crippen LogP contribution in [0.4, 0.5) is 0 Å². The highest BCUT2D eigenvalue weighted by Crippen LogP contribution is 2.16. The van der Waals surface area contributed by atoms with Crippen molar-refractivity contribution in [2.45, 2.75) is 31.8 Å². The van der Waals surface area contributed by atoms with E-state index in [0.29, 0.717) is 6.04 Å². The topological polar surface area (TPSA) is 53.8 Å². The molecule has 1 unspecified atom stereocenters. The van der Waals surface area contributed by atoms with Gasteiger partial charge in [-0.1, -0.05) is 18.2 Å². The van der Waals surface area contributed by atoms with Crippen molar-refractivity contribution in [3.05, 3.63) is 36.5 Å². The van der Waals surface area contributed by atoms with E-state index in [1.165, 1.54) is 30.3 Å². The van der Waals surface area contributed by atoms with Gasteiger partial charge in [0.1, 0.15) is 0 Å². The number of methoxy groups -OCH3 is 1. The zero-order chi connectivity index (χ0) is 18.9. The number of fused-ring (bicyclic) bond motifs is 1. The van der Waals surface area contributed by atoms with Gasteiger partial charge in [-0.05, 0) is 43.3 Å². The standard InChI is InChI=1S/C21H33N5O/c1-22-21(24-17-19-8-5-12-25(19)15-16-27-2)23-11-6-13-26-14-10-18-7-3-4-9-20(18)26/h3-4,7,9-10,14,19H,5-6,8,11-13,15-17H2,1-2H3,(H2,22,23,24). The fourth-order valence-corrected chi connectivity index (χ4v) is 3.86. The lowest BCUT2D eigenvalue weighted by Crippen LogP contribution is -2.45. The molecule has 1 saturated heterocycles. The summed E-state index contributed by atoms with van der Waals surface area (Å²) in [6, 6.07) is 11.3. The minimum absolute atomic E-state index is 0.574. The van der Waals surface area contributed by atoms with E-state index in [-0.39, 0.29) is 0 Å². The summed E-state index contributed by atoms with van der Waals surface area (Å²) in [4.78, 5) is 6.88. The second-order valence-corrected chi connectivity index (χ2v) is 7.13. The Hall–Kier alpha value is -2.05. The fraction of sp³-hybridized carbons (Fsp3) is 0.571. The first-order valence-electron chi connectivity index (χ1n) is 10.0. The predicted octanol–water partition coefficient (Wildman–Crippen LogP) is 2.31. The van der Waals surface area contributed by atoms with Gasteiger partial charge in [0, 0.05) is 58.1 Å². The minimum atomic E-state index is 0.574. The first kappa shape index (κ1) is 19.7. The average molecular weight is 372 g/mol. The Bertz CT molecular complexity index is 726. The number of nitrogens with one attached hydrogen (secondary N) is 2. The van der Waals surface area contributed by atoms with E-state index in [2.05, 4.69) is 61.6 Å². The van der Waals surface area contributed by atoms with Crippen molar-refractivity contribution >= 4 is 16.9 Å². The van der Waals surface area contributed by atoms with Crippen molar-refractivity contribution < 1.29 is 4.74 Å². The van der Waals surface area contributed by atoms with Crippen LogP contribution >= 0.6 is 0 Å². The number of aliphatic imine (C=N–C) groups is 1.